The molecule has 2 atom stereocenters. The molecule has 0 saturated heterocycles. The maximum Gasteiger partial charge on any atom is 0.387 e. The lowest BCUT2D eigenvalue weighted by Gasteiger charge is -2.59. The van der Waals surface area contributed by atoms with Crippen LogP contribution in [0.2, 0.25) is 0 Å². The highest BCUT2D eigenvalue weighted by molar-refractivity contribution is 6.24. The van der Waals surface area contributed by atoms with Crippen LogP contribution in [0, 0.1) is 17.3 Å². The first-order chi connectivity index (χ1) is 15.2. The zero-order chi connectivity index (χ0) is 22.7. The molecule has 1 heterocycles. The zero-order valence-corrected chi connectivity index (χ0v) is 18.6. The van der Waals surface area contributed by atoms with Crippen molar-refractivity contribution in [1.82, 2.24) is 0 Å². The Labute approximate surface area is 189 Å². The van der Waals surface area contributed by atoms with E-state index in [4.69, 9.17) is 25.8 Å². The Hall–Kier alpha value is -2.35. The number of esters is 1. The maximum atomic E-state index is 12.8. The van der Waals surface area contributed by atoms with E-state index in [0.29, 0.717) is 23.3 Å². The van der Waals surface area contributed by atoms with Gasteiger partial charge in [0.25, 0.3) is 0 Å². The average molecular weight is 468 g/mol. The average Bonchev–Trinajstić information content (AvgIpc) is 3.07. The van der Waals surface area contributed by atoms with E-state index >= 15 is 0 Å². The van der Waals surface area contributed by atoms with E-state index in [2.05, 4.69) is 9.73 Å². The Morgan fingerprint density at radius 1 is 1.16 bits per heavy atom. The molecule has 0 spiro atoms. The van der Waals surface area contributed by atoms with E-state index in [-0.39, 0.29) is 33.2 Å². The van der Waals surface area contributed by atoms with Crippen LogP contribution in [-0.4, -0.2) is 37.6 Å². The minimum absolute atomic E-state index is 0.0530. The van der Waals surface area contributed by atoms with Crippen LogP contribution in [0.3, 0.4) is 0 Å². The van der Waals surface area contributed by atoms with Crippen molar-refractivity contribution < 1.29 is 32.5 Å². The summed E-state index contributed by atoms with van der Waals surface area (Å²) in [5, 5.41) is 0. The molecule has 6 rings (SSSR count). The van der Waals surface area contributed by atoms with Crippen molar-refractivity contribution in [2.24, 2.45) is 22.2 Å². The molecule has 6 nitrogen and oxygen atoms in total. The van der Waals surface area contributed by atoms with Gasteiger partial charge in [-0.05, 0) is 74.1 Å². The number of carbonyl (C=O) groups excluding carboxylic acids is 1. The van der Waals surface area contributed by atoms with Crippen molar-refractivity contribution in [1.29, 1.82) is 0 Å². The molecule has 32 heavy (non-hydrogen) atoms. The van der Waals surface area contributed by atoms with E-state index < -0.39 is 12.6 Å². The van der Waals surface area contributed by atoms with Gasteiger partial charge in [-0.25, -0.2) is 9.79 Å². The molecule has 0 unspecified atom stereocenters. The van der Waals surface area contributed by atoms with Gasteiger partial charge >= 0.3 is 12.6 Å². The van der Waals surface area contributed by atoms with Crippen molar-refractivity contribution in [2.75, 3.05) is 14.2 Å². The number of rotatable bonds is 6. The minimum Gasteiger partial charge on any atom is -0.493 e. The maximum absolute atomic E-state index is 12.8. The fraction of sp³-hybridized carbons (Fsp3) is 0.565. The predicted molar refractivity (Wildman–Crippen MR) is 113 cm³/mol. The Kier molecular flexibility index (Phi) is 5.11. The number of nitrogens with zero attached hydrogens (tertiary/aromatic N) is 1. The smallest absolute Gasteiger partial charge is 0.387 e. The molecular formula is C23H24ClF2NO5. The Bertz CT molecular complexity index is 985. The topological polar surface area (TPSA) is 66.4 Å². The number of hydrogen-bond donors (Lipinski definition) is 0. The second-order valence-electron chi connectivity index (χ2n) is 9.36. The highest BCUT2D eigenvalue weighted by Gasteiger charge is 2.60. The number of ether oxygens (including phenoxy) is 4. The Morgan fingerprint density at radius 3 is 2.31 bits per heavy atom. The molecule has 1 aromatic carbocycles. The Balaban J connectivity index is 1.48. The van der Waals surface area contributed by atoms with Crippen molar-refractivity contribution in [2.45, 2.75) is 50.0 Å². The fourth-order valence-corrected chi connectivity index (χ4v) is 7.08. The second kappa shape index (κ2) is 7.61. The third-order valence-electron chi connectivity index (χ3n) is 7.06. The van der Waals surface area contributed by atoms with Gasteiger partial charge in [0.05, 0.1) is 14.2 Å². The van der Waals surface area contributed by atoms with Crippen molar-refractivity contribution in [3.63, 3.8) is 0 Å². The van der Waals surface area contributed by atoms with Gasteiger partial charge in [0.15, 0.2) is 17.2 Å². The molecule has 1 aliphatic heterocycles. The number of hydrogen-bond acceptors (Lipinski definition) is 6. The Morgan fingerprint density at radius 2 is 1.78 bits per heavy atom. The molecule has 1 aromatic rings. The molecule has 4 bridgehead atoms. The second-order valence-corrected chi connectivity index (χ2v) is 10.2. The number of methoxy groups -OCH3 is 2. The van der Waals surface area contributed by atoms with E-state index in [1.165, 1.54) is 38.8 Å². The quantitative estimate of drug-likeness (QED) is 0.327. The molecule has 5 aliphatic rings. The van der Waals surface area contributed by atoms with Gasteiger partial charge in [-0.2, -0.15) is 8.78 Å². The number of carbonyl (C=O) groups is 1. The molecule has 4 saturated carbocycles. The molecule has 172 valence electrons. The third-order valence-corrected chi connectivity index (χ3v) is 7.50. The van der Waals surface area contributed by atoms with Crippen LogP contribution in [-0.2, 0) is 9.53 Å². The van der Waals surface area contributed by atoms with Crippen LogP contribution in [0.1, 0.15) is 44.1 Å². The van der Waals surface area contributed by atoms with Crippen LogP contribution in [0.5, 0.6) is 17.2 Å². The first-order valence-electron chi connectivity index (χ1n) is 10.7. The number of halogens is 3. The minimum atomic E-state index is -3.04. The lowest BCUT2D eigenvalue weighted by Crippen LogP contribution is -2.56. The molecule has 0 N–H and O–H groups in total. The lowest BCUT2D eigenvalue weighted by molar-refractivity contribution is -0.131. The summed E-state index contributed by atoms with van der Waals surface area (Å²) in [6.07, 6.45) is 7.41. The summed E-state index contributed by atoms with van der Waals surface area (Å²) in [5.41, 5.74) is 0.337. The summed E-state index contributed by atoms with van der Waals surface area (Å²) < 4.78 is 46.1. The van der Waals surface area contributed by atoms with Crippen LogP contribution < -0.4 is 14.2 Å². The van der Waals surface area contributed by atoms with Crippen LogP contribution in [0.15, 0.2) is 22.8 Å². The van der Waals surface area contributed by atoms with E-state index in [0.717, 1.165) is 32.1 Å². The summed E-state index contributed by atoms with van der Waals surface area (Å²) in [6, 6.07) is 2.96. The van der Waals surface area contributed by atoms with Crippen molar-refractivity contribution in [3.05, 3.63) is 23.4 Å². The molecule has 9 heteroatoms. The summed E-state index contributed by atoms with van der Waals surface area (Å²) in [4.78, 5) is 17.0. The normalized spacial score (nSPS) is 34.1. The summed E-state index contributed by atoms with van der Waals surface area (Å²) in [7, 11) is 2.66. The summed E-state index contributed by atoms with van der Waals surface area (Å²) in [5.74, 6) is 0.897. The van der Waals surface area contributed by atoms with E-state index in [9.17, 15) is 13.6 Å². The SMILES string of the molecule is COc1cc(/C=C2/N=C(C34C[C@H]5C[C@@H](CC(Cl)(C5)C3)C4)OC2=O)cc(OC)c1OC(F)F. The van der Waals surface area contributed by atoms with Gasteiger partial charge in [-0.15, -0.1) is 11.6 Å². The van der Waals surface area contributed by atoms with Gasteiger partial charge in [-0.1, -0.05) is 0 Å². The molecule has 0 aromatic heterocycles. The molecule has 4 aliphatic carbocycles. The van der Waals surface area contributed by atoms with Crippen molar-refractivity contribution >= 4 is 29.5 Å². The fourth-order valence-electron chi connectivity index (χ4n) is 6.38. The van der Waals surface area contributed by atoms with Gasteiger partial charge in [-0.3, -0.25) is 0 Å². The third kappa shape index (κ3) is 3.62. The van der Waals surface area contributed by atoms with Crippen LogP contribution >= 0.6 is 11.6 Å². The van der Waals surface area contributed by atoms with Gasteiger partial charge in [0, 0.05) is 10.3 Å². The van der Waals surface area contributed by atoms with E-state index in [1.807, 2.05) is 0 Å². The number of benzene rings is 1. The molecule has 0 radical (unpaired) electrons. The van der Waals surface area contributed by atoms with Crippen molar-refractivity contribution in [3.8, 4) is 17.2 Å². The molecule has 4 fully saturated rings. The molecular weight excluding hydrogens is 444 g/mol. The highest BCUT2D eigenvalue weighted by atomic mass is 35.5. The van der Waals surface area contributed by atoms with E-state index in [1.54, 1.807) is 0 Å². The molecule has 0 amide bonds. The number of aliphatic imine (C=N–C) groups is 1. The first kappa shape index (κ1) is 21.5. The van der Waals surface area contributed by atoms with Gasteiger partial charge in [0.2, 0.25) is 11.6 Å². The number of alkyl halides is 3. The summed E-state index contributed by atoms with van der Waals surface area (Å²) >= 11 is 6.92. The summed E-state index contributed by atoms with van der Waals surface area (Å²) in [6.45, 7) is -3.04. The number of cyclic esters (lactones) is 1. The van der Waals surface area contributed by atoms with Crippen LogP contribution in [0.4, 0.5) is 8.78 Å². The lowest BCUT2D eigenvalue weighted by atomic mass is 9.49. The first-order valence-corrected chi connectivity index (χ1v) is 11.0. The zero-order valence-electron chi connectivity index (χ0n) is 17.8. The monoisotopic (exact) mass is 467 g/mol. The van der Waals surface area contributed by atoms with Gasteiger partial charge in [0.1, 0.15) is 0 Å². The highest BCUT2D eigenvalue weighted by Crippen LogP contribution is 2.64. The van der Waals surface area contributed by atoms with Gasteiger partial charge < -0.3 is 18.9 Å². The van der Waals surface area contributed by atoms with Crippen LogP contribution in [0.25, 0.3) is 6.08 Å². The predicted octanol–water partition coefficient (Wildman–Crippen LogP) is 5.18. The largest absolute Gasteiger partial charge is 0.493 e. The standard InChI is InChI=1S/C23H24ClF2NO5/c1-29-16-5-12(6-17(30-2)18(16)31-21(25)26)4-15-19(28)32-20(27-15)22-7-13-3-14(8-22)10-23(24,9-13)11-22/h4-6,13-14,21H,3,7-11H2,1-2H3/b15-4+/t13-,14-,22?,23?/m1/s1.